The van der Waals surface area contributed by atoms with Crippen molar-refractivity contribution in [3.63, 3.8) is 0 Å². The van der Waals surface area contributed by atoms with E-state index >= 15 is 0 Å². The van der Waals surface area contributed by atoms with Gasteiger partial charge >= 0.3 is 5.69 Å². The number of hydrogen-bond acceptors (Lipinski definition) is 5. The number of nitro groups is 1. The Morgan fingerprint density at radius 1 is 1.40 bits per heavy atom. The number of anilines is 1. The molecule has 0 aliphatic rings. The second kappa shape index (κ2) is 6.67. The molecule has 1 atom stereocenters. The lowest BCUT2D eigenvalue weighted by Gasteiger charge is -2.12. The van der Waals surface area contributed by atoms with Crippen LogP contribution in [0.25, 0.3) is 0 Å². The fraction of sp³-hybridized carbons (Fsp3) is 0.500. The third-order valence-electron chi connectivity index (χ3n) is 3.06. The van der Waals surface area contributed by atoms with E-state index in [0.717, 1.165) is 6.42 Å². The summed E-state index contributed by atoms with van der Waals surface area (Å²) in [6.07, 6.45) is 0.821. The summed E-state index contributed by atoms with van der Waals surface area (Å²) in [5.74, 6) is 0.163. The monoisotopic (exact) mass is 301 g/mol. The third-order valence-corrected chi connectivity index (χ3v) is 4.51. The Bertz CT molecular complexity index is 586. The minimum Gasteiger partial charge on any atom is -0.383 e. The first-order chi connectivity index (χ1) is 9.33. The highest BCUT2D eigenvalue weighted by atomic mass is 32.2. The maximum atomic E-state index is 12.2. The molecule has 112 valence electrons. The van der Waals surface area contributed by atoms with E-state index in [4.69, 9.17) is 0 Å². The van der Waals surface area contributed by atoms with Crippen LogP contribution in [0.1, 0.15) is 20.3 Å². The fourth-order valence-corrected chi connectivity index (χ4v) is 2.96. The topological polar surface area (TPSA) is 101 Å². The molecular weight excluding hydrogens is 282 g/mol. The van der Waals surface area contributed by atoms with Crippen LogP contribution in [0.3, 0.4) is 0 Å². The number of hydrogen-bond donors (Lipinski definition) is 2. The van der Waals surface area contributed by atoms with E-state index in [1.54, 1.807) is 0 Å². The number of nitro benzene ring substituents is 1. The number of nitrogens with zero attached hydrogens (tertiary/aromatic N) is 1. The first kappa shape index (κ1) is 16.4. The van der Waals surface area contributed by atoms with Crippen molar-refractivity contribution in [2.24, 2.45) is 5.92 Å². The van der Waals surface area contributed by atoms with Crippen molar-refractivity contribution in [2.45, 2.75) is 25.2 Å². The van der Waals surface area contributed by atoms with E-state index in [1.165, 1.54) is 25.2 Å². The largest absolute Gasteiger partial charge is 0.383 e. The van der Waals surface area contributed by atoms with Gasteiger partial charge in [0.15, 0.2) is 4.90 Å². The lowest BCUT2D eigenvalue weighted by atomic mass is 10.1. The molecule has 0 aliphatic heterocycles. The standard InChI is InChI=1S/C12H19N3O4S/c1-4-9(2)8-14-20(18,19)11-7-5-6-10(13-3)12(11)15(16)17/h5-7,9,13-14H,4,8H2,1-3H3. The summed E-state index contributed by atoms with van der Waals surface area (Å²) >= 11 is 0. The molecule has 0 saturated heterocycles. The van der Waals surface area contributed by atoms with E-state index in [0.29, 0.717) is 0 Å². The van der Waals surface area contributed by atoms with Crippen LogP contribution in [-0.2, 0) is 10.0 Å². The Kier molecular flexibility index (Phi) is 5.46. The Morgan fingerprint density at radius 2 is 2.05 bits per heavy atom. The molecule has 1 aromatic carbocycles. The number of benzene rings is 1. The van der Waals surface area contributed by atoms with E-state index in [-0.39, 0.29) is 23.0 Å². The molecule has 1 rings (SSSR count). The molecule has 20 heavy (non-hydrogen) atoms. The molecular formula is C12H19N3O4S. The Hall–Kier alpha value is -1.67. The number of nitrogens with one attached hydrogen (secondary N) is 2. The zero-order chi connectivity index (χ0) is 15.3. The van der Waals surface area contributed by atoms with Gasteiger partial charge in [-0.05, 0) is 18.1 Å². The average Bonchev–Trinajstić information content (AvgIpc) is 2.43. The maximum absolute atomic E-state index is 12.2. The van der Waals surface area contributed by atoms with E-state index in [2.05, 4.69) is 10.0 Å². The van der Waals surface area contributed by atoms with Gasteiger partial charge in [0.25, 0.3) is 0 Å². The van der Waals surface area contributed by atoms with Gasteiger partial charge in [0.05, 0.1) is 4.92 Å². The maximum Gasteiger partial charge on any atom is 0.312 e. The molecule has 2 N–H and O–H groups in total. The van der Waals surface area contributed by atoms with Crippen molar-refractivity contribution in [1.82, 2.24) is 4.72 Å². The Balaban J connectivity index is 3.21. The van der Waals surface area contributed by atoms with E-state index in [1.807, 2.05) is 13.8 Å². The zero-order valence-electron chi connectivity index (χ0n) is 11.7. The summed E-state index contributed by atoms with van der Waals surface area (Å²) in [6, 6.07) is 4.17. The molecule has 0 heterocycles. The molecule has 7 nitrogen and oxygen atoms in total. The number of sulfonamides is 1. The normalized spacial score (nSPS) is 12.9. The lowest BCUT2D eigenvalue weighted by molar-refractivity contribution is -0.386. The van der Waals surface area contributed by atoms with Crippen molar-refractivity contribution < 1.29 is 13.3 Å². The minimum absolute atomic E-state index is 0.163. The minimum atomic E-state index is -3.91. The van der Waals surface area contributed by atoms with Gasteiger partial charge in [-0.2, -0.15) is 0 Å². The fourth-order valence-electron chi connectivity index (χ4n) is 1.60. The molecule has 1 aromatic rings. The highest BCUT2D eigenvalue weighted by Gasteiger charge is 2.28. The van der Waals surface area contributed by atoms with Crippen LogP contribution in [-0.4, -0.2) is 26.9 Å². The van der Waals surface area contributed by atoms with Crippen LogP contribution < -0.4 is 10.0 Å². The summed E-state index contributed by atoms with van der Waals surface area (Å²) in [6.45, 7) is 4.10. The molecule has 0 aromatic heterocycles. The predicted octanol–water partition coefficient (Wildman–Crippen LogP) is 1.96. The quantitative estimate of drug-likeness (QED) is 0.592. The summed E-state index contributed by atoms with van der Waals surface area (Å²) in [5, 5.41) is 13.7. The zero-order valence-corrected chi connectivity index (χ0v) is 12.5. The van der Waals surface area contributed by atoms with E-state index in [9.17, 15) is 18.5 Å². The van der Waals surface area contributed by atoms with Crippen LogP contribution in [0.15, 0.2) is 23.1 Å². The lowest BCUT2D eigenvalue weighted by Crippen LogP contribution is -2.29. The summed E-state index contributed by atoms with van der Waals surface area (Å²) < 4.78 is 26.8. The molecule has 1 unspecified atom stereocenters. The molecule has 8 heteroatoms. The smallest absolute Gasteiger partial charge is 0.312 e. The van der Waals surface area contributed by atoms with Gasteiger partial charge in [0.2, 0.25) is 10.0 Å². The summed E-state index contributed by atoms with van der Waals surface area (Å²) in [5.41, 5.74) is -0.270. The van der Waals surface area contributed by atoms with Crippen LogP contribution in [0.5, 0.6) is 0 Å². The van der Waals surface area contributed by atoms with Crippen LogP contribution in [0.2, 0.25) is 0 Å². The van der Waals surface area contributed by atoms with Crippen molar-refractivity contribution in [3.05, 3.63) is 28.3 Å². The first-order valence-electron chi connectivity index (χ1n) is 6.28. The molecule has 0 radical (unpaired) electrons. The van der Waals surface area contributed by atoms with E-state index < -0.39 is 20.6 Å². The molecule has 0 spiro atoms. The van der Waals surface area contributed by atoms with Crippen molar-refractivity contribution >= 4 is 21.4 Å². The molecule has 0 saturated carbocycles. The van der Waals surface area contributed by atoms with Crippen molar-refractivity contribution in [1.29, 1.82) is 0 Å². The highest BCUT2D eigenvalue weighted by Crippen LogP contribution is 2.31. The predicted molar refractivity (Wildman–Crippen MR) is 77.3 cm³/mol. The van der Waals surface area contributed by atoms with Gasteiger partial charge < -0.3 is 5.32 Å². The summed E-state index contributed by atoms with van der Waals surface area (Å²) in [4.78, 5) is 10.1. The molecule has 0 fully saturated rings. The molecule has 0 bridgehead atoms. The second-order valence-corrected chi connectivity index (χ2v) is 6.26. The molecule has 0 amide bonds. The van der Waals surface area contributed by atoms with Crippen molar-refractivity contribution in [2.75, 3.05) is 18.9 Å². The van der Waals surface area contributed by atoms with Crippen LogP contribution in [0.4, 0.5) is 11.4 Å². The van der Waals surface area contributed by atoms with Crippen molar-refractivity contribution in [3.8, 4) is 0 Å². The van der Waals surface area contributed by atoms with Crippen LogP contribution >= 0.6 is 0 Å². The van der Waals surface area contributed by atoms with Gasteiger partial charge in [0, 0.05) is 13.6 Å². The average molecular weight is 301 g/mol. The Morgan fingerprint density at radius 3 is 2.55 bits per heavy atom. The molecule has 0 aliphatic carbocycles. The highest BCUT2D eigenvalue weighted by molar-refractivity contribution is 7.89. The number of rotatable bonds is 7. The Labute approximate surface area is 118 Å². The summed E-state index contributed by atoms with van der Waals surface area (Å²) in [7, 11) is -2.40. The van der Waals surface area contributed by atoms with Gasteiger partial charge in [-0.15, -0.1) is 0 Å². The first-order valence-corrected chi connectivity index (χ1v) is 7.76. The van der Waals surface area contributed by atoms with Gasteiger partial charge in [0.1, 0.15) is 5.69 Å². The van der Waals surface area contributed by atoms with Gasteiger partial charge in [-0.3, -0.25) is 10.1 Å². The van der Waals surface area contributed by atoms with Gasteiger partial charge in [-0.25, -0.2) is 13.1 Å². The second-order valence-electron chi connectivity index (χ2n) is 4.52. The number of para-hydroxylation sites is 1. The SMILES string of the molecule is CCC(C)CNS(=O)(=O)c1cccc(NC)c1[N+](=O)[O-]. The van der Waals surface area contributed by atoms with Crippen LogP contribution in [0, 0.1) is 16.0 Å². The third kappa shape index (κ3) is 3.67. The van der Waals surface area contributed by atoms with Gasteiger partial charge in [-0.1, -0.05) is 26.3 Å².